The van der Waals surface area contributed by atoms with E-state index in [2.05, 4.69) is 5.16 Å². The Kier molecular flexibility index (Phi) is 6.85. The van der Waals surface area contributed by atoms with Gasteiger partial charge in [0.2, 0.25) is 10.0 Å². The van der Waals surface area contributed by atoms with Crippen LogP contribution in [0, 0.1) is 0 Å². The second kappa shape index (κ2) is 9.64. The predicted molar refractivity (Wildman–Crippen MR) is 121 cm³/mol. The van der Waals surface area contributed by atoms with Gasteiger partial charge in [0.15, 0.2) is 12.4 Å². The van der Waals surface area contributed by atoms with Gasteiger partial charge in [0.25, 0.3) is 0 Å². The molecule has 10 heteroatoms. The molecule has 0 spiro atoms. The summed E-state index contributed by atoms with van der Waals surface area (Å²) in [6.45, 7) is 3.86. The molecule has 0 bridgehead atoms. The molecule has 2 atom stereocenters. The van der Waals surface area contributed by atoms with E-state index in [-0.39, 0.29) is 47.4 Å². The highest BCUT2D eigenvalue weighted by molar-refractivity contribution is 7.89. The Hall–Kier alpha value is -2.72. The predicted octanol–water partition coefficient (Wildman–Crippen LogP) is 4.15. The van der Waals surface area contributed by atoms with Crippen LogP contribution in [-0.4, -0.2) is 49.1 Å². The molecule has 174 valence electrons. The maximum atomic E-state index is 13.2. The zero-order valence-corrected chi connectivity index (χ0v) is 19.7. The topological polar surface area (TPSA) is 98.9 Å². The summed E-state index contributed by atoms with van der Waals surface area (Å²) >= 11 is 6.20. The van der Waals surface area contributed by atoms with Gasteiger partial charge in [-0.3, -0.25) is 0 Å². The first kappa shape index (κ1) is 23.4. The van der Waals surface area contributed by atoms with Crippen molar-refractivity contribution < 1.29 is 27.2 Å². The van der Waals surface area contributed by atoms with Gasteiger partial charge in [-0.2, -0.15) is 4.31 Å². The number of hydrogen-bond donors (Lipinski definition) is 0. The lowest BCUT2D eigenvalue weighted by Gasteiger charge is -2.34. The largest absolute Gasteiger partial charge is 0.454 e. The molecule has 4 rings (SSSR count). The van der Waals surface area contributed by atoms with Crippen LogP contribution < -0.4 is 0 Å². The number of morpholine rings is 1. The van der Waals surface area contributed by atoms with Gasteiger partial charge >= 0.3 is 5.97 Å². The van der Waals surface area contributed by atoms with Crippen molar-refractivity contribution in [2.75, 3.05) is 13.1 Å². The molecule has 1 aliphatic rings. The summed E-state index contributed by atoms with van der Waals surface area (Å²) in [7, 11) is -3.92. The number of rotatable bonds is 6. The zero-order chi connectivity index (χ0) is 23.6. The van der Waals surface area contributed by atoms with Crippen molar-refractivity contribution in [3.63, 3.8) is 0 Å². The molecule has 1 aromatic heterocycles. The molecule has 1 aliphatic heterocycles. The molecule has 1 fully saturated rings. The molecule has 2 aromatic carbocycles. The van der Waals surface area contributed by atoms with Gasteiger partial charge in [0.05, 0.1) is 22.8 Å². The molecular weight excluding hydrogens is 468 g/mol. The third kappa shape index (κ3) is 5.27. The summed E-state index contributed by atoms with van der Waals surface area (Å²) in [4.78, 5) is 12.5. The summed E-state index contributed by atoms with van der Waals surface area (Å²) in [5, 5.41) is 4.01. The van der Waals surface area contributed by atoms with Crippen LogP contribution in [0.2, 0.25) is 5.02 Å². The summed E-state index contributed by atoms with van der Waals surface area (Å²) in [6.07, 6.45) is -0.503. The van der Waals surface area contributed by atoms with E-state index in [9.17, 15) is 13.2 Å². The Labute approximate surface area is 197 Å². The maximum absolute atomic E-state index is 13.2. The Morgan fingerprint density at radius 3 is 2.52 bits per heavy atom. The molecule has 1 saturated heterocycles. The number of carbonyl (C=O) groups is 1. The third-order valence-electron chi connectivity index (χ3n) is 5.14. The van der Waals surface area contributed by atoms with Crippen LogP contribution in [0.15, 0.2) is 64.0 Å². The minimum Gasteiger partial charge on any atom is -0.454 e. The number of hydrogen-bond acceptors (Lipinski definition) is 7. The molecular formula is C23H23ClN2O6S. The van der Waals surface area contributed by atoms with Gasteiger partial charge in [-0.1, -0.05) is 47.1 Å². The van der Waals surface area contributed by atoms with Gasteiger partial charge < -0.3 is 14.0 Å². The molecule has 2 unspecified atom stereocenters. The van der Waals surface area contributed by atoms with Crippen LogP contribution in [0.1, 0.15) is 30.0 Å². The number of nitrogens with zero attached hydrogens (tertiary/aromatic N) is 2. The molecule has 0 N–H and O–H groups in total. The fourth-order valence-electron chi connectivity index (χ4n) is 3.64. The normalized spacial score (nSPS) is 19.4. The molecule has 3 aromatic rings. The molecule has 2 heterocycles. The van der Waals surface area contributed by atoms with Crippen molar-refractivity contribution >= 4 is 27.6 Å². The number of halogens is 1. The van der Waals surface area contributed by atoms with E-state index >= 15 is 0 Å². The fourth-order valence-corrected chi connectivity index (χ4v) is 5.73. The fraction of sp³-hybridized carbons (Fsp3) is 0.304. The second-order valence-electron chi connectivity index (χ2n) is 7.85. The van der Waals surface area contributed by atoms with Crippen LogP contribution in [0.5, 0.6) is 0 Å². The molecule has 0 saturated carbocycles. The Balaban J connectivity index is 1.48. The number of ether oxygens (including phenoxy) is 2. The summed E-state index contributed by atoms with van der Waals surface area (Å²) in [5.74, 6) is -0.343. The number of carbonyl (C=O) groups excluding carboxylic acids is 1. The maximum Gasteiger partial charge on any atom is 0.338 e. The standard InChI is InChI=1S/C23H23ClN2O6S/c1-15-12-26(13-16(2)31-15)33(28,29)22-10-18(8-9-20(22)24)23(27)30-14-19-11-21(25-32-19)17-6-4-3-5-7-17/h3-11,15-16H,12-14H2,1-2H3. The van der Waals surface area contributed by atoms with Crippen LogP contribution in [-0.2, 0) is 26.1 Å². The van der Waals surface area contributed by atoms with Gasteiger partial charge in [-0.25, -0.2) is 13.2 Å². The van der Waals surface area contributed by atoms with E-state index in [1.54, 1.807) is 19.9 Å². The summed E-state index contributed by atoms with van der Waals surface area (Å²) in [5.41, 5.74) is 1.56. The monoisotopic (exact) mass is 490 g/mol. The van der Waals surface area contributed by atoms with E-state index < -0.39 is 16.0 Å². The first-order valence-electron chi connectivity index (χ1n) is 10.4. The van der Waals surface area contributed by atoms with Crippen LogP contribution in [0.3, 0.4) is 0 Å². The average molecular weight is 491 g/mol. The van der Waals surface area contributed by atoms with E-state index in [0.29, 0.717) is 11.5 Å². The van der Waals surface area contributed by atoms with E-state index in [0.717, 1.165) is 5.56 Å². The lowest BCUT2D eigenvalue weighted by atomic mass is 10.1. The van der Waals surface area contributed by atoms with Gasteiger partial charge in [-0.05, 0) is 32.0 Å². The number of sulfonamides is 1. The van der Waals surface area contributed by atoms with Gasteiger partial charge in [0, 0.05) is 24.7 Å². The zero-order valence-electron chi connectivity index (χ0n) is 18.1. The smallest absolute Gasteiger partial charge is 0.338 e. The first-order valence-corrected chi connectivity index (χ1v) is 12.2. The van der Waals surface area contributed by atoms with Crippen molar-refractivity contribution in [2.45, 2.75) is 37.6 Å². The minimum atomic E-state index is -3.92. The molecule has 8 nitrogen and oxygen atoms in total. The lowest BCUT2D eigenvalue weighted by Crippen LogP contribution is -2.48. The number of benzene rings is 2. The number of esters is 1. The summed E-state index contributed by atoms with van der Waals surface area (Å²) < 4.78 is 43.9. The quantitative estimate of drug-likeness (QED) is 0.478. The highest BCUT2D eigenvalue weighted by Crippen LogP contribution is 2.28. The first-order chi connectivity index (χ1) is 15.7. The Bertz CT molecular complexity index is 1230. The molecule has 0 aliphatic carbocycles. The van der Waals surface area contributed by atoms with Gasteiger partial charge in [-0.15, -0.1) is 0 Å². The van der Waals surface area contributed by atoms with Crippen molar-refractivity contribution in [1.82, 2.24) is 9.46 Å². The average Bonchev–Trinajstić information content (AvgIpc) is 3.27. The van der Waals surface area contributed by atoms with Crippen LogP contribution >= 0.6 is 11.6 Å². The Morgan fingerprint density at radius 2 is 1.82 bits per heavy atom. The summed E-state index contributed by atoms with van der Waals surface area (Å²) in [6, 6.07) is 15.2. The van der Waals surface area contributed by atoms with Crippen LogP contribution in [0.25, 0.3) is 11.3 Å². The van der Waals surface area contributed by atoms with E-state index in [4.69, 9.17) is 25.6 Å². The molecule has 0 amide bonds. The van der Waals surface area contributed by atoms with E-state index in [1.807, 2.05) is 30.3 Å². The van der Waals surface area contributed by atoms with Crippen molar-refractivity contribution in [3.05, 3.63) is 70.9 Å². The van der Waals surface area contributed by atoms with Crippen molar-refractivity contribution in [1.29, 1.82) is 0 Å². The Morgan fingerprint density at radius 1 is 1.12 bits per heavy atom. The molecule has 33 heavy (non-hydrogen) atoms. The SMILES string of the molecule is CC1CN(S(=O)(=O)c2cc(C(=O)OCc3cc(-c4ccccc4)no3)ccc2Cl)CC(C)O1. The van der Waals surface area contributed by atoms with Gasteiger partial charge in [0.1, 0.15) is 10.6 Å². The second-order valence-corrected chi connectivity index (χ2v) is 10.2. The van der Waals surface area contributed by atoms with Crippen LogP contribution in [0.4, 0.5) is 0 Å². The van der Waals surface area contributed by atoms with Crippen molar-refractivity contribution in [2.24, 2.45) is 0 Å². The number of aromatic nitrogens is 1. The minimum absolute atomic E-state index is 0.0288. The third-order valence-corrected chi connectivity index (χ3v) is 7.46. The van der Waals surface area contributed by atoms with E-state index in [1.165, 1.54) is 22.5 Å². The van der Waals surface area contributed by atoms with Crippen molar-refractivity contribution in [3.8, 4) is 11.3 Å². The highest BCUT2D eigenvalue weighted by atomic mass is 35.5. The lowest BCUT2D eigenvalue weighted by molar-refractivity contribution is -0.0440. The highest BCUT2D eigenvalue weighted by Gasteiger charge is 2.34. The molecule has 0 radical (unpaired) electrons.